The molecule has 0 saturated heterocycles. The van der Waals surface area contributed by atoms with Crippen molar-refractivity contribution < 1.29 is 0 Å². The molecule has 0 heteroatoms. The van der Waals surface area contributed by atoms with Crippen molar-refractivity contribution >= 4 is 0 Å². The maximum absolute atomic E-state index is 2.00. The maximum Gasteiger partial charge on any atom is -0.0533 e. The van der Waals surface area contributed by atoms with Crippen LogP contribution in [0.5, 0.6) is 0 Å². The molecule has 0 aromatic rings. The Morgan fingerprint density at radius 3 is 0.467 bits per heavy atom. The molecule has 0 radical (unpaired) electrons. The van der Waals surface area contributed by atoms with Crippen LogP contribution in [0, 0.1) is 0 Å². The second kappa shape index (κ2) is 23.7. The molecule has 0 nitrogen and oxygen atoms in total. The van der Waals surface area contributed by atoms with Crippen molar-refractivity contribution in [1.29, 1.82) is 0 Å². The van der Waals surface area contributed by atoms with Gasteiger partial charge in [-0.1, -0.05) is 100 Å². The largest absolute Gasteiger partial charge is 0.0776 e. The lowest BCUT2D eigenvalue weighted by molar-refractivity contribution is 0.886. The first-order chi connectivity index (χ1) is 6.00. The van der Waals surface area contributed by atoms with Gasteiger partial charge in [-0.25, -0.2) is 0 Å². The van der Waals surface area contributed by atoms with Gasteiger partial charge in [0.1, 0.15) is 0 Å². The fourth-order valence-electron chi connectivity index (χ4n) is 1.77. The zero-order valence-corrected chi connectivity index (χ0v) is 9.07. The van der Waals surface area contributed by atoms with Crippen LogP contribution in [0.4, 0.5) is 0 Å². The summed E-state index contributed by atoms with van der Waals surface area (Å²) in [5.74, 6) is 0. The minimum Gasteiger partial charge on any atom is -0.0776 e. The van der Waals surface area contributed by atoms with Gasteiger partial charge in [0.2, 0.25) is 0 Å². The standard InChI is InChI=1S/2C5H10.C2H6.3CH4/c2*1-2-4-5-3-1;1-2;;;/h2*1-5H2;1-2H3;3*1H4. The smallest absolute Gasteiger partial charge is 0.0533 e. The van der Waals surface area contributed by atoms with Gasteiger partial charge in [-0.15, -0.1) is 0 Å². The molecule has 0 unspecified atom stereocenters. The van der Waals surface area contributed by atoms with Crippen LogP contribution < -0.4 is 0 Å². The zero-order valence-electron chi connectivity index (χ0n) is 9.07. The first-order valence-corrected chi connectivity index (χ1v) is 6.00. The Labute approximate surface area is 101 Å². The maximum atomic E-state index is 2.00. The van der Waals surface area contributed by atoms with Crippen molar-refractivity contribution in [2.45, 2.75) is 100 Å². The summed E-state index contributed by atoms with van der Waals surface area (Å²) in [5, 5.41) is 0. The quantitative estimate of drug-likeness (QED) is 0.418. The van der Waals surface area contributed by atoms with E-state index in [9.17, 15) is 0 Å². The third-order valence-corrected chi connectivity index (χ3v) is 2.50. The first kappa shape index (κ1) is 24.3. The van der Waals surface area contributed by atoms with E-state index in [4.69, 9.17) is 0 Å². The topological polar surface area (TPSA) is 0 Å². The summed E-state index contributed by atoms with van der Waals surface area (Å²) in [6.45, 7) is 4.00. The normalized spacial score (nSPS) is 16.4. The molecule has 2 aliphatic rings. The molecule has 0 aromatic heterocycles. The van der Waals surface area contributed by atoms with E-state index in [1.54, 1.807) is 0 Å². The lowest BCUT2D eigenvalue weighted by Gasteiger charge is -1.67. The van der Waals surface area contributed by atoms with Gasteiger partial charge in [0, 0.05) is 0 Å². The molecular formula is C15H38. The van der Waals surface area contributed by atoms with Gasteiger partial charge < -0.3 is 0 Å². The number of rotatable bonds is 0. The highest BCUT2D eigenvalue weighted by atomic mass is 14.0. The minimum atomic E-state index is 0. The van der Waals surface area contributed by atoms with Gasteiger partial charge in [0.15, 0.2) is 0 Å². The van der Waals surface area contributed by atoms with Crippen LogP contribution in [0.15, 0.2) is 0 Å². The van der Waals surface area contributed by atoms with E-state index in [0.717, 1.165) is 0 Å². The van der Waals surface area contributed by atoms with Crippen molar-refractivity contribution in [3.63, 3.8) is 0 Å². The summed E-state index contributed by atoms with van der Waals surface area (Å²) in [7, 11) is 0. The first-order valence-electron chi connectivity index (χ1n) is 6.00. The lowest BCUT2D eigenvalue weighted by atomic mass is 10.4. The summed E-state index contributed by atoms with van der Waals surface area (Å²) in [5.41, 5.74) is 0. The molecule has 15 heavy (non-hydrogen) atoms. The van der Waals surface area contributed by atoms with Gasteiger partial charge in [-0.3, -0.25) is 0 Å². The predicted octanol–water partition coefficient (Wildman–Crippen LogP) is 6.84. The monoisotopic (exact) mass is 218 g/mol. The second-order valence-corrected chi connectivity index (χ2v) is 3.54. The van der Waals surface area contributed by atoms with E-state index in [2.05, 4.69) is 0 Å². The van der Waals surface area contributed by atoms with Crippen molar-refractivity contribution in [1.82, 2.24) is 0 Å². The van der Waals surface area contributed by atoms with E-state index in [0.29, 0.717) is 0 Å². The molecule has 0 heterocycles. The minimum absolute atomic E-state index is 0. The summed E-state index contributed by atoms with van der Waals surface area (Å²) in [6, 6.07) is 0. The van der Waals surface area contributed by atoms with E-state index >= 15 is 0 Å². The van der Waals surface area contributed by atoms with Gasteiger partial charge >= 0.3 is 0 Å². The van der Waals surface area contributed by atoms with Crippen LogP contribution in [0.3, 0.4) is 0 Å². The number of hydrogen-bond donors (Lipinski definition) is 0. The molecule has 98 valence electrons. The Morgan fingerprint density at radius 1 is 0.333 bits per heavy atom. The molecule has 2 aliphatic carbocycles. The van der Waals surface area contributed by atoms with Crippen molar-refractivity contribution in [2.75, 3.05) is 0 Å². The summed E-state index contributed by atoms with van der Waals surface area (Å²) in [6.07, 6.45) is 15.0. The van der Waals surface area contributed by atoms with E-state index in [1.165, 1.54) is 64.2 Å². The molecule has 0 N–H and O–H groups in total. The zero-order chi connectivity index (χ0) is 9.07. The average molecular weight is 218 g/mol. The predicted molar refractivity (Wildman–Crippen MR) is 77.7 cm³/mol. The van der Waals surface area contributed by atoms with Crippen LogP contribution in [-0.4, -0.2) is 0 Å². The Balaban J connectivity index is -0.0000000592. The van der Waals surface area contributed by atoms with Crippen LogP contribution >= 0.6 is 0 Å². The molecule has 0 bridgehead atoms. The molecule has 2 fully saturated rings. The Hall–Kier alpha value is 0. The fourth-order valence-corrected chi connectivity index (χ4v) is 1.77. The molecule has 0 aliphatic heterocycles. The summed E-state index contributed by atoms with van der Waals surface area (Å²) >= 11 is 0. The average Bonchev–Trinajstić information content (AvgIpc) is 2.87. The van der Waals surface area contributed by atoms with Crippen molar-refractivity contribution in [3.8, 4) is 0 Å². The van der Waals surface area contributed by atoms with E-state index < -0.39 is 0 Å². The van der Waals surface area contributed by atoms with Gasteiger partial charge in [0.25, 0.3) is 0 Å². The van der Waals surface area contributed by atoms with Gasteiger partial charge in [-0.05, 0) is 0 Å². The van der Waals surface area contributed by atoms with Crippen LogP contribution in [0.25, 0.3) is 0 Å². The molecule has 0 spiro atoms. The van der Waals surface area contributed by atoms with Crippen LogP contribution in [0.2, 0.25) is 0 Å². The third kappa shape index (κ3) is 20.2. The molecule has 2 saturated carbocycles. The molecular weight excluding hydrogens is 180 g/mol. The molecule has 0 amide bonds. The van der Waals surface area contributed by atoms with Gasteiger partial charge in [-0.2, -0.15) is 0 Å². The van der Waals surface area contributed by atoms with Crippen LogP contribution in [-0.2, 0) is 0 Å². The molecule has 0 atom stereocenters. The summed E-state index contributed by atoms with van der Waals surface area (Å²) < 4.78 is 0. The Morgan fingerprint density at radius 2 is 0.400 bits per heavy atom. The molecule has 2 rings (SSSR count). The third-order valence-electron chi connectivity index (χ3n) is 2.50. The highest BCUT2D eigenvalue weighted by Gasteiger charge is 1.95. The van der Waals surface area contributed by atoms with E-state index in [1.807, 2.05) is 13.8 Å². The van der Waals surface area contributed by atoms with Crippen molar-refractivity contribution in [2.24, 2.45) is 0 Å². The van der Waals surface area contributed by atoms with Crippen molar-refractivity contribution in [3.05, 3.63) is 0 Å². The molecule has 0 aromatic carbocycles. The van der Waals surface area contributed by atoms with Crippen LogP contribution in [0.1, 0.15) is 100 Å². The SMILES string of the molecule is C.C.C.C1CCCC1.C1CCCC1.CC. The second-order valence-electron chi connectivity index (χ2n) is 3.54. The lowest BCUT2D eigenvalue weighted by Crippen LogP contribution is -1.47. The Kier molecular flexibility index (Phi) is 38.3. The van der Waals surface area contributed by atoms with E-state index in [-0.39, 0.29) is 22.3 Å². The van der Waals surface area contributed by atoms with Gasteiger partial charge in [0.05, 0.1) is 0 Å². The number of hydrogen-bond acceptors (Lipinski definition) is 0. The fraction of sp³-hybridized carbons (Fsp3) is 1.00. The Bertz CT molecular complexity index is 33.2. The highest BCUT2D eigenvalue weighted by Crippen LogP contribution is 2.15. The summed E-state index contributed by atoms with van der Waals surface area (Å²) in [4.78, 5) is 0. The highest BCUT2D eigenvalue weighted by molar-refractivity contribution is 4.51.